The van der Waals surface area contributed by atoms with Gasteiger partial charge in [-0.1, -0.05) is 0 Å². The minimum atomic E-state index is -3.89. The van der Waals surface area contributed by atoms with Gasteiger partial charge in [0.2, 0.25) is 0 Å². The molecule has 0 fully saturated rings. The zero-order valence-electron chi connectivity index (χ0n) is 17.3. The van der Waals surface area contributed by atoms with E-state index in [0.29, 0.717) is 36.3 Å². The Balaban J connectivity index is 1.57. The molecule has 0 aliphatic carbocycles. The molecule has 12 heteroatoms. The third-order valence-corrected chi connectivity index (χ3v) is 5.84. The van der Waals surface area contributed by atoms with Crippen LogP contribution in [0.3, 0.4) is 0 Å². The number of aromatic nitrogens is 3. The molecule has 3 N–H and O–H groups in total. The third-order valence-electron chi connectivity index (χ3n) is 4.84. The van der Waals surface area contributed by atoms with E-state index in [4.69, 9.17) is 9.47 Å². The van der Waals surface area contributed by atoms with Gasteiger partial charge in [0.15, 0.2) is 17.4 Å². The van der Waals surface area contributed by atoms with Crippen LogP contribution in [0.5, 0.6) is 11.6 Å². The number of fused-ring (bicyclic) bond motifs is 1. The summed E-state index contributed by atoms with van der Waals surface area (Å²) in [6.45, 7) is 2.79. The molecule has 1 aliphatic rings. The second-order valence-corrected chi connectivity index (χ2v) is 8.53. The third kappa shape index (κ3) is 4.70. The summed E-state index contributed by atoms with van der Waals surface area (Å²) in [5.41, 5.74) is 2.55. The number of halogens is 1. The van der Waals surface area contributed by atoms with E-state index < -0.39 is 16.0 Å². The molecule has 3 aromatic heterocycles. The van der Waals surface area contributed by atoms with Crippen LogP contribution in [-0.4, -0.2) is 43.6 Å². The lowest BCUT2D eigenvalue weighted by Crippen LogP contribution is -2.27. The Morgan fingerprint density at radius 1 is 1.12 bits per heavy atom. The predicted molar refractivity (Wildman–Crippen MR) is 116 cm³/mol. The van der Waals surface area contributed by atoms with Crippen molar-refractivity contribution in [1.82, 2.24) is 19.7 Å². The Kier molecular flexibility index (Phi) is 6.06. The van der Waals surface area contributed by atoms with Gasteiger partial charge in [-0.2, -0.15) is 13.4 Å². The molecule has 0 radical (unpaired) electrons. The lowest BCUT2D eigenvalue weighted by Gasteiger charge is -2.18. The van der Waals surface area contributed by atoms with E-state index in [-0.39, 0.29) is 17.8 Å². The molecule has 0 aromatic carbocycles. The Bertz CT molecular complexity index is 1250. The van der Waals surface area contributed by atoms with Gasteiger partial charge in [-0.05, 0) is 41.8 Å². The van der Waals surface area contributed by atoms with Gasteiger partial charge < -0.3 is 14.8 Å². The van der Waals surface area contributed by atoms with E-state index in [9.17, 15) is 12.8 Å². The summed E-state index contributed by atoms with van der Waals surface area (Å²) in [4.78, 5) is 12.4. The molecule has 0 unspecified atom stereocenters. The number of anilines is 3. The number of rotatable bonds is 7. The summed E-state index contributed by atoms with van der Waals surface area (Å²) in [6, 6.07) is 5.03. The lowest BCUT2D eigenvalue weighted by molar-refractivity contribution is 0.164. The first-order valence-electron chi connectivity index (χ1n) is 9.68. The summed E-state index contributed by atoms with van der Waals surface area (Å²) >= 11 is 0. The highest BCUT2D eigenvalue weighted by Gasteiger charge is 2.17. The van der Waals surface area contributed by atoms with Crippen molar-refractivity contribution in [2.24, 2.45) is 0 Å². The minimum Gasteiger partial charge on any atom is -0.484 e. The Morgan fingerprint density at radius 3 is 2.75 bits per heavy atom. The molecular weight excluding hydrogens is 439 g/mol. The number of nitrogens with one attached hydrogen (secondary N) is 3. The Hall–Kier alpha value is -3.51. The molecule has 168 valence electrons. The smallest absolute Gasteiger partial charge is 0.300 e. The molecule has 0 saturated carbocycles. The molecule has 3 aromatic rings. The van der Waals surface area contributed by atoms with Crippen molar-refractivity contribution in [2.75, 3.05) is 30.3 Å². The Labute approximate surface area is 184 Å². The topological polar surface area (TPSA) is 127 Å². The highest BCUT2D eigenvalue weighted by atomic mass is 32.2. The highest BCUT2D eigenvalue weighted by molar-refractivity contribution is 7.90. The van der Waals surface area contributed by atoms with Gasteiger partial charge in [-0.15, -0.1) is 0 Å². The van der Waals surface area contributed by atoms with Crippen molar-refractivity contribution >= 4 is 27.5 Å². The van der Waals surface area contributed by atoms with Crippen molar-refractivity contribution in [3.63, 3.8) is 0 Å². The number of nitrogens with zero attached hydrogens (tertiary/aromatic N) is 3. The molecule has 32 heavy (non-hydrogen) atoms. The van der Waals surface area contributed by atoms with Crippen LogP contribution in [-0.2, 0) is 16.6 Å². The lowest BCUT2D eigenvalue weighted by atomic mass is 10.0. The van der Waals surface area contributed by atoms with Crippen LogP contribution in [0, 0.1) is 12.7 Å². The second-order valence-electron chi connectivity index (χ2n) is 6.91. The molecule has 0 atom stereocenters. The van der Waals surface area contributed by atoms with Crippen LogP contribution in [0.2, 0.25) is 0 Å². The summed E-state index contributed by atoms with van der Waals surface area (Å²) in [7, 11) is -2.68. The van der Waals surface area contributed by atoms with Crippen LogP contribution >= 0.6 is 0 Å². The van der Waals surface area contributed by atoms with Gasteiger partial charge in [0.1, 0.15) is 19.0 Å². The zero-order valence-corrected chi connectivity index (χ0v) is 18.2. The van der Waals surface area contributed by atoms with E-state index >= 15 is 0 Å². The van der Waals surface area contributed by atoms with Crippen LogP contribution in [0.15, 0.2) is 36.8 Å². The fourth-order valence-electron chi connectivity index (χ4n) is 3.09. The molecule has 0 spiro atoms. The summed E-state index contributed by atoms with van der Waals surface area (Å²) in [6.07, 6.45) is 4.81. The molecular formula is C20H21FN6O4S. The van der Waals surface area contributed by atoms with Gasteiger partial charge in [-0.3, -0.25) is 9.71 Å². The summed E-state index contributed by atoms with van der Waals surface area (Å²) in [5.74, 6) is 0.423. The Morgan fingerprint density at radius 2 is 1.94 bits per heavy atom. The number of hydrogen-bond acceptors (Lipinski definition) is 8. The average Bonchev–Trinajstić information content (AvgIpc) is 2.79. The molecule has 0 bridgehead atoms. The zero-order chi connectivity index (χ0) is 22.7. The van der Waals surface area contributed by atoms with Crippen molar-refractivity contribution in [3.8, 4) is 11.6 Å². The second kappa shape index (κ2) is 8.93. The van der Waals surface area contributed by atoms with Gasteiger partial charge >= 0.3 is 0 Å². The van der Waals surface area contributed by atoms with E-state index in [2.05, 4.69) is 29.7 Å². The number of ether oxygens (including phenoxy) is 2. The first-order chi connectivity index (χ1) is 15.4. The van der Waals surface area contributed by atoms with Gasteiger partial charge in [-0.25, -0.2) is 14.1 Å². The first kappa shape index (κ1) is 21.7. The van der Waals surface area contributed by atoms with E-state index in [0.717, 1.165) is 11.1 Å². The van der Waals surface area contributed by atoms with Crippen LogP contribution in [0.25, 0.3) is 0 Å². The van der Waals surface area contributed by atoms with Gasteiger partial charge in [0.25, 0.3) is 16.1 Å². The van der Waals surface area contributed by atoms with Crippen LogP contribution < -0.4 is 24.2 Å². The maximum atomic E-state index is 14.9. The fourth-order valence-corrected chi connectivity index (χ4v) is 3.58. The number of pyridine rings is 3. The van der Waals surface area contributed by atoms with E-state index in [1.807, 2.05) is 6.92 Å². The van der Waals surface area contributed by atoms with E-state index in [1.54, 1.807) is 24.5 Å². The minimum absolute atomic E-state index is 0.186. The number of hydrogen-bond donors (Lipinski definition) is 3. The van der Waals surface area contributed by atoms with Crippen molar-refractivity contribution in [2.45, 2.75) is 13.3 Å². The molecule has 10 nitrogen and oxygen atoms in total. The summed E-state index contributed by atoms with van der Waals surface area (Å²) < 4.78 is 53.4. The van der Waals surface area contributed by atoms with Crippen LogP contribution in [0.4, 0.5) is 21.7 Å². The monoisotopic (exact) mass is 460 g/mol. The SMILES string of the molecule is CNS(=O)(=O)Nc1nccc(Cc2cncc(Nc3ccc4c(n3)OCCO4)c2C)c1F. The van der Waals surface area contributed by atoms with E-state index in [1.165, 1.54) is 19.3 Å². The van der Waals surface area contributed by atoms with Gasteiger partial charge in [0, 0.05) is 25.9 Å². The van der Waals surface area contributed by atoms with Crippen LogP contribution in [0.1, 0.15) is 16.7 Å². The predicted octanol–water partition coefficient (Wildman–Crippen LogP) is 2.30. The molecule has 0 amide bonds. The normalized spacial score (nSPS) is 13.0. The maximum Gasteiger partial charge on any atom is 0.300 e. The van der Waals surface area contributed by atoms with Crippen molar-refractivity contribution < 1.29 is 22.3 Å². The standard InChI is InChI=1S/C20H21FN6O4S/c1-12-14(9-13-5-6-24-19(18(13)21)27-32(28,29)22-2)10-23-11-15(12)25-17-4-3-16-20(26-17)31-8-7-30-16/h3-6,10-11,22H,7-9H2,1-2H3,(H,24,27)(H,25,26). The summed E-state index contributed by atoms with van der Waals surface area (Å²) in [5, 5.41) is 3.20. The highest BCUT2D eigenvalue weighted by Crippen LogP contribution is 2.31. The van der Waals surface area contributed by atoms with Gasteiger partial charge in [0.05, 0.1) is 11.9 Å². The molecule has 0 saturated heterocycles. The fraction of sp³-hybridized carbons (Fsp3) is 0.250. The molecule has 1 aliphatic heterocycles. The first-order valence-corrected chi connectivity index (χ1v) is 11.2. The largest absolute Gasteiger partial charge is 0.484 e. The molecule has 4 rings (SSSR count). The maximum absolute atomic E-state index is 14.9. The van der Waals surface area contributed by atoms with Crippen molar-refractivity contribution in [1.29, 1.82) is 0 Å². The quantitative estimate of drug-likeness (QED) is 0.490. The average molecular weight is 460 g/mol. The molecule has 4 heterocycles. The van der Waals surface area contributed by atoms with Crippen molar-refractivity contribution in [3.05, 3.63) is 59.3 Å².